The Labute approximate surface area is 138 Å². The van der Waals surface area contributed by atoms with Crippen LogP contribution in [-0.4, -0.2) is 35.7 Å². The van der Waals surface area contributed by atoms with Gasteiger partial charge in [0.25, 0.3) is 0 Å². The molecule has 0 spiro atoms. The van der Waals surface area contributed by atoms with Crippen LogP contribution in [0.3, 0.4) is 0 Å². The molecule has 0 saturated carbocycles. The van der Waals surface area contributed by atoms with Crippen molar-refractivity contribution < 1.29 is 9.32 Å². The van der Waals surface area contributed by atoms with Gasteiger partial charge in [0.05, 0.1) is 0 Å². The number of carbonyl (C=O) groups excluding carboxylic acids is 1. The fraction of sp³-hybridized carbons (Fsp3) is 0.824. The van der Waals surface area contributed by atoms with Gasteiger partial charge in [-0.2, -0.15) is 4.98 Å². The molecule has 6 heteroatoms. The summed E-state index contributed by atoms with van der Waals surface area (Å²) < 4.78 is 5.23. The summed E-state index contributed by atoms with van der Waals surface area (Å²) in [7, 11) is 0. The fourth-order valence-electron chi connectivity index (χ4n) is 2.74. The van der Waals surface area contributed by atoms with Gasteiger partial charge in [-0.3, -0.25) is 4.79 Å². The Morgan fingerprint density at radius 2 is 2.26 bits per heavy atom. The van der Waals surface area contributed by atoms with E-state index in [4.69, 9.17) is 4.52 Å². The molecule has 23 heavy (non-hydrogen) atoms. The highest BCUT2D eigenvalue weighted by atomic mass is 16.5. The minimum atomic E-state index is -0.104. The molecule has 0 aliphatic carbocycles. The van der Waals surface area contributed by atoms with Gasteiger partial charge in [0.15, 0.2) is 5.82 Å². The maximum absolute atomic E-state index is 11.8. The molecule has 0 bridgehead atoms. The average molecular weight is 322 g/mol. The summed E-state index contributed by atoms with van der Waals surface area (Å²) in [4.78, 5) is 16.2. The van der Waals surface area contributed by atoms with Crippen LogP contribution in [0.15, 0.2) is 4.52 Å². The lowest BCUT2D eigenvalue weighted by atomic mass is 9.96. The van der Waals surface area contributed by atoms with Gasteiger partial charge in [-0.15, -0.1) is 0 Å². The van der Waals surface area contributed by atoms with Gasteiger partial charge >= 0.3 is 0 Å². The highest BCUT2D eigenvalue weighted by Gasteiger charge is 2.20. The van der Waals surface area contributed by atoms with Gasteiger partial charge in [0.2, 0.25) is 11.8 Å². The van der Waals surface area contributed by atoms with E-state index in [0.29, 0.717) is 24.7 Å². The van der Waals surface area contributed by atoms with Crippen LogP contribution in [0.5, 0.6) is 0 Å². The van der Waals surface area contributed by atoms with Crippen LogP contribution in [0, 0.1) is 5.92 Å². The lowest BCUT2D eigenvalue weighted by Crippen LogP contribution is -2.33. The van der Waals surface area contributed by atoms with Crippen molar-refractivity contribution >= 4 is 5.91 Å². The Balaban J connectivity index is 1.58. The monoisotopic (exact) mass is 322 g/mol. The summed E-state index contributed by atoms with van der Waals surface area (Å²) >= 11 is 0. The average Bonchev–Trinajstić information content (AvgIpc) is 2.97. The van der Waals surface area contributed by atoms with Crippen LogP contribution in [0.4, 0.5) is 0 Å². The molecule has 1 aliphatic heterocycles. The third-order valence-electron chi connectivity index (χ3n) is 4.21. The Morgan fingerprint density at radius 3 is 2.91 bits per heavy atom. The second kappa shape index (κ2) is 8.43. The highest BCUT2D eigenvalue weighted by molar-refractivity contribution is 5.75. The van der Waals surface area contributed by atoms with E-state index in [9.17, 15) is 4.79 Å². The van der Waals surface area contributed by atoms with Gasteiger partial charge < -0.3 is 15.2 Å². The standard InChI is InChI=1S/C17H30N4O2/c1-17(2,3)16-20-15(23-21-16)8-4-7-14(22)19-11-9-13-6-5-10-18-12-13/h13,18H,4-12H2,1-3H3,(H,19,22). The molecule has 130 valence electrons. The normalized spacial score (nSPS) is 18.8. The van der Waals surface area contributed by atoms with Crippen molar-refractivity contribution in [2.75, 3.05) is 19.6 Å². The molecule has 0 aromatic carbocycles. The van der Waals surface area contributed by atoms with E-state index in [1.807, 2.05) is 0 Å². The lowest BCUT2D eigenvalue weighted by molar-refractivity contribution is -0.121. The van der Waals surface area contributed by atoms with Gasteiger partial charge in [0, 0.05) is 24.8 Å². The number of amides is 1. The molecule has 2 heterocycles. The molecule has 1 aromatic rings. The molecule has 1 unspecified atom stereocenters. The SMILES string of the molecule is CC(C)(C)c1noc(CCCC(=O)NCCC2CCCNC2)n1. The van der Waals surface area contributed by atoms with Crippen LogP contribution in [0.25, 0.3) is 0 Å². The quantitative estimate of drug-likeness (QED) is 0.804. The Kier molecular flexibility index (Phi) is 6.57. The summed E-state index contributed by atoms with van der Waals surface area (Å²) in [6.07, 6.45) is 5.49. The number of rotatable bonds is 7. The summed E-state index contributed by atoms with van der Waals surface area (Å²) in [6.45, 7) is 9.16. The number of nitrogens with one attached hydrogen (secondary N) is 2. The first kappa shape index (κ1) is 17.9. The number of nitrogens with zero attached hydrogens (tertiary/aromatic N) is 2. The molecule has 0 radical (unpaired) electrons. The number of piperidine rings is 1. The zero-order valence-corrected chi connectivity index (χ0v) is 14.7. The van der Waals surface area contributed by atoms with Crippen molar-refractivity contribution in [1.82, 2.24) is 20.8 Å². The van der Waals surface area contributed by atoms with E-state index in [0.717, 1.165) is 38.3 Å². The third kappa shape index (κ3) is 6.29. The highest BCUT2D eigenvalue weighted by Crippen LogP contribution is 2.19. The molecule has 1 atom stereocenters. The summed E-state index contributed by atoms with van der Waals surface area (Å²) in [6, 6.07) is 0. The first-order valence-electron chi connectivity index (χ1n) is 8.75. The topological polar surface area (TPSA) is 80.0 Å². The molecule has 2 N–H and O–H groups in total. The first-order chi connectivity index (χ1) is 10.9. The molecule has 6 nitrogen and oxygen atoms in total. The molecular formula is C17H30N4O2. The minimum absolute atomic E-state index is 0.104. The molecule has 1 aliphatic rings. The largest absolute Gasteiger partial charge is 0.356 e. The van der Waals surface area contributed by atoms with E-state index in [1.54, 1.807) is 0 Å². The Morgan fingerprint density at radius 1 is 1.43 bits per heavy atom. The van der Waals surface area contributed by atoms with E-state index in [2.05, 4.69) is 41.5 Å². The number of aromatic nitrogens is 2. The van der Waals surface area contributed by atoms with E-state index >= 15 is 0 Å². The maximum atomic E-state index is 11.8. The van der Waals surface area contributed by atoms with E-state index < -0.39 is 0 Å². The van der Waals surface area contributed by atoms with Gasteiger partial charge in [0.1, 0.15) is 0 Å². The second-order valence-electron chi connectivity index (χ2n) is 7.47. The molecule has 1 amide bonds. The zero-order valence-electron chi connectivity index (χ0n) is 14.7. The maximum Gasteiger partial charge on any atom is 0.226 e. The van der Waals surface area contributed by atoms with Crippen molar-refractivity contribution in [1.29, 1.82) is 0 Å². The second-order valence-corrected chi connectivity index (χ2v) is 7.47. The molecule has 2 rings (SSSR count). The van der Waals surface area contributed by atoms with Crippen molar-refractivity contribution in [3.63, 3.8) is 0 Å². The van der Waals surface area contributed by atoms with Crippen LogP contribution < -0.4 is 10.6 Å². The smallest absolute Gasteiger partial charge is 0.226 e. The van der Waals surface area contributed by atoms with E-state index in [1.165, 1.54) is 12.8 Å². The summed E-state index contributed by atoms with van der Waals surface area (Å²) in [5.41, 5.74) is -0.104. The minimum Gasteiger partial charge on any atom is -0.356 e. The summed E-state index contributed by atoms with van der Waals surface area (Å²) in [5, 5.41) is 10.4. The number of aryl methyl sites for hydroxylation is 1. The lowest BCUT2D eigenvalue weighted by Gasteiger charge is -2.22. The van der Waals surface area contributed by atoms with Crippen molar-refractivity contribution in [3.8, 4) is 0 Å². The predicted octanol–water partition coefficient (Wildman–Crippen LogP) is 2.20. The van der Waals surface area contributed by atoms with Crippen LogP contribution in [0.2, 0.25) is 0 Å². The first-order valence-corrected chi connectivity index (χ1v) is 8.75. The van der Waals surface area contributed by atoms with E-state index in [-0.39, 0.29) is 11.3 Å². The van der Waals surface area contributed by atoms with Gasteiger partial charge in [-0.25, -0.2) is 0 Å². The number of hydrogen-bond donors (Lipinski definition) is 2. The fourth-order valence-corrected chi connectivity index (χ4v) is 2.74. The Bertz CT molecular complexity index is 487. The number of hydrogen-bond acceptors (Lipinski definition) is 5. The zero-order chi connectivity index (χ0) is 16.7. The van der Waals surface area contributed by atoms with Gasteiger partial charge in [-0.1, -0.05) is 25.9 Å². The number of carbonyl (C=O) groups is 1. The molecule has 1 fully saturated rings. The van der Waals surface area contributed by atoms with Crippen molar-refractivity contribution in [2.45, 2.75) is 64.7 Å². The predicted molar refractivity (Wildman–Crippen MR) is 89.2 cm³/mol. The molecular weight excluding hydrogens is 292 g/mol. The molecule has 1 saturated heterocycles. The third-order valence-corrected chi connectivity index (χ3v) is 4.21. The van der Waals surface area contributed by atoms with Crippen LogP contribution >= 0.6 is 0 Å². The van der Waals surface area contributed by atoms with Gasteiger partial charge in [-0.05, 0) is 44.7 Å². The van der Waals surface area contributed by atoms with Crippen molar-refractivity contribution in [2.24, 2.45) is 5.92 Å². The van der Waals surface area contributed by atoms with Crippen molar-refractivity contribution in [3.05, 3.63) is 11.7 Å². The van der Waals surface area contributed by atoms with Crippen LogP contribution in [0.1, 0.15) is 64.6 Å². The molecule has 1 aromatic heterocycles. The van der Waals surface area contributed by atoms with Crippen LogP contribution in [-0.2, 0) is 16.6 Å². The Hall–Kier alpha value is -1.43. The summed E-state index contributed by atoms with van der Waals surface area (Å²) in [5.74, 6) is 2.16.